The number of benzene rings is 1. The topological polar surface area (TPSA) is 21.3 Å². The fourth-order valence-electron chi connectivity index (χ4n) is 1.84. The van der Waals surface area contributed by atoms with Crippen LogP contribution in [0, 0.1) is 0 Å². The van der Waals surface area contributed by atoms with Crippen molar-refractivity contribution in [1.82, 2.24) is 5.32 Å². The summed E-state index contributed by atoms with van der Waals surface area (Å²) in [5.74, 6) is 0.493. The van der Waals surface area contributed by atoms with Crippen molar-refractivity contribution in [3.63, 3.8) is 0 Å². The lowest BCUT2D eigenvalue weighted by Crippen LogP contribution is -2.44. The van der Waals surface area contributed by atoms with Crippen LogP contribution in [-0.2, 0) is 6.54 Å². The average molecular weight is 280 g/mol. The van der Waals surface area contributed by atoms with E-state index < -0.39 is 11.7 Å². The van der Waals surface area contributed by atoms with E-state index in [9.17, 15) is 13.2 Å². The van der Waals surface area contributed by atoms with Gasteiger partial charge in [-0.25, -0.2) is 0 Å². The molecule has 0 amide bonds. The first kappa shape index (κ1) is 13.5. The fourth-order valence-corrected chi connectivity index (χ4v) is 2.08. The van der Waals surface area contributed by atoms with E-state index in [1.54, 1.807) is 18.2 Å². The molecule has 0 aromatic heterocycles. The third kappa shape index (κ3) is 2.42. The summed E-state index contributed by atoms with van der Waals surface area (Å²) in [6.07, 6.45) is -3.99. The van der Waals surface area contributed by atoms with E-state index in [0.717, 1.165) is 0 Å². The zero-order chi connectivity index (χ0) is 13.4. The van der Waals surface area contributed by atoms with E-state index in [1.807, 2.05) is 0 Å². The van der Waals surface area contributed by atoms with Crippen LogP contribution < -0.4 is 10.1 Å². The zero-order valence-corrected chi connectivity index (χ0v) is 10.5. The molecule has 1 aliphatic rings. The van der Waals surface area contributed by atoms with Crippen LogP contribution in [0.15, 0.2) is 18.2 Å². The van der Waals surface area contributed by atoms with Gasteiger partial charge in [0, 0.05) is 17.1 Å². The minimum atomic E-state index is -4.22. The molecule has 0 atom stereocenters. The Morgan fingerprint density at radius 3 is 2.56 bits per heavy atom. The van der Waals surface area contributed by atoms with E-state index in [-0.39, 0.29) is 19.4 Å². The summed E-state index contributed by atoms with van der Waals surface area (Å²) in [7, 11) is 1.46. The predicted octanol–water partition coefficient (Wildman–Crippen LogP) is 3.53. The van der Waals surface area contributed by atoms with Gasteiger partial charge in [-0.05, 0) is 25.0 Å². The van der Waals surface area contributed by atoms with Crippen LogP contribution in [0.1, 0.15) is 18.4 Å². The highest BCUT2D eigenvalue weighted by atomic mass is 35.5. The Hall–Kier alpha value is -0.940. The van der Waals surface area contributed by atoms with E-state index in [1.165, 1.54) is 7.11 Å². The first-order chi connectivity index (χ1) is 8.39. The van der Waals surface area contributed by atoms with Crippen LogP contribution in [0.5, 0.6) is 5.75 Å². The quantitative estimate of drug-likeness (QED) is 0.910. The first-order valence-corrected chi connectivity index (χ1v) is 5.90. The predicted molar refractivity (Wildman–Crippen MR) is 62.9 cm³/mol. The maximum absolute atomic E-state index is 12.8. The molecule has 0 spiro atoms. The Morgan fingerprint density at radius 2 is 2.06 bits per heavy atom. The van der Waals surface area contributed by atoms with Gasteiger partial charge < -0.3 is 4.74 Å². The summed E-state index contributed by atoms with van der Waals surface area (Å²) in [6, 6.07) is 5.01. The van der Waals surface area contributed by atoms with Gasteiger partial charge in [-0.15, -0.1) is 0 Å². The number of hydrogen-bond donors (Lipinski definition) is 1. The molecule has 6 heteroatoms. The SMILES string of the molecule is COc1cccc(Cl)c1CNC1(C(F)(F)F)CC1. The maximum atomic E-state index is 12.8. The van der Waals surface area contributed by atoms with Crippen molar-refractivity contribution >= 4 is 11.6 Å². The molecule has 0 heterocycles. The monoisotopic (exact) mass is 279 g/mol. The molecule has 0 aliphatic heterocycles. The molecule has 0 bridgehead atoms. The van der Waals surface area contributed by atoms with E-state index in [4.69, 9.17) is 16.3 Å². The van der Waals surface area contributed by atoms with Crippen molar-refractivity contribution in [1.29, 1.82) is 0 Å². The second kappa shape index (κ2) is 4.63. The van der Waals surface area contributed by atoms with Gasteiger partial charge in [-0.3, -0.25) is 5.32 Å². The van der Waals surface area contributed by atoms with Gasteiger partial charge in [0.1, 0.15) is 11.3 Å². The first-order valence-electron chi connectivity index (χ1n) is 5.53. The Balaban J connectivity index is 2.12. The summed E-state index contributed by atoms with van der Waals surface area (Å²) < 4.78 is 43.4. The summed E-state index contributed by atoms with van der Waals surface area (Å²) in [5, 5.41) is 2.96. The highest BCUT2D eigenvalue weighted by Crippen LogP contribution is 2.49. The van der Waals surface area contributed by atoms with Crippen molar-refractivity contribution in [2.45, 2.75) is 31.1 Å². The molecule has 1 aliphatic carbocycles. The second-order valence-electron chi connectivity index (χ2n) is 4.35. The number of rotatable bonds is 4. The Kier molecular flexibility index (Phi) is 3.47. The van der Waals surface area contributed by atoms with Crippen LogP contribution in [-0.4, -0.2) is 18.8 Å². The van der Waals surface area contributed by atoms with E-state index in [2.05, 4.69) is 5.32 Å². The molecule has 1 fully saturated rings. The molecule has 18 heavy (non-hydrogen) atoms. The van der Waals surface area contributed by atoms with E-state index in [0.29, 0.717) is 16.3 Å². The van der Waals surface area contributed by atoms with Crippen LogP contribution in [0.4, 0.5) is 13.2 Å². The third-order valence-electron chi connectivity index (χ3n) is 3.19. The van der Waals surface area contributed by atoms with Gasteiger partial charge in [0.15, 0.2) is 0 Å². The van der Waals surface area contributed by atoms with Crippen LogP contribution in [0.3, 0.4) is 0 Å². The van der Waals surface area contributed by atoms with Gasteiger partial charge in [0.2, 0.25) is 0 Å². The molecule has 0 radical (unpaired) electrons. The fraction of sp³-hybridized carbons (Fsp3) is 0.500. The summed E-state index contributed by atoms with van der Waals surface area (Å²) in [6.45, 7) is 0.0440. The van der Waals surface area contributed by atoms with Gasteiger partial charge in [-0.2, -0.15) is 13.2 Å². The molecule has 1 saturated carbocycles. The Bertz CT molecular complexity index is 443. The molecule has 1 aromatic carbocycles. The van der Waals surface area contributed by atoms with Crippen LogP contribution in [0.25, 0.3) is 0 Å². The van der Waals surface area contributed by atoms with Gasteiger partial charge >= 0.3 is 6.18 Å². The highest BCUT2D eigenvalue weighted by molar-refractivity contribution is 6.31. The Morgan fingerprint density at radius 1 is 1.39 bits per heavy atom. The number of halogens is 4. The molecule has 0 unspecified atom stereocenters. The smallest absolute Gasteiger partial charge is 0.406 e. The molecule has 2 rings (SSSR count). The Labute approximate surface area is 108 Å². The number of hydrogen-bond acceptors (Lipinski definition) is 2. The average Bonchev–Trinajstić information content (AvgIpc) is 3.07. The van der Waals surface area contributed by atoms with Crippen molar-refractivity contribution < 1.29 is 17.9 Å². The lowest BCUT2D eigenvalue weighted by Gasteiger charge is -2.21. The van der Waals surface area contributed by atoms with Gasteiger partial charge in [0.05, 0.1) is 7.11 Å². The van der Waals surface area contributed by atoms with Gasteiger partial charge in [-0.1, -0.05) is 17.7 Å². The number of ether oxygens (including phenoxy) is 1. The molecule has 1 aromatic rings. The lowest BCUT2D eigenvalue weighted by molar-refractivity contribution is -0.166. The molecule has 0 saturated heterocycles. The van der Waals surface area contributed by atoms with Crippen molar-refractivity contribution in [3.05, 3.63) is 28.8 Å². The maximum Gasteiger partial charge on any atom is 0.406 e. The largest absolute Gasteiger partial charge is 0.496 e. The lowest BCUT2D eigenvalue weighted by atomic mass is 10.1. The normalized spacial score (nSPS) is 17.6. The van der Waals surface area contributed by atoms with E-state index >= 15 is 0 Å². The molecule has 1 N–H and O–H groups in total. The highest BCUT2D eigenvalue weighted by Gasteiger charge is 2.63. The van der Waals surface area contributed by atoms with Crippen LogP contribution >= 0.6 is 11.6 Å². The third-order valence-corrected chi connectivity index (χ3v) is 3.55. The van der Waals surface area contributed by atoms with Gasteiger partial charge in [0.25, 0.3) is 0 Å². The molecular formula is C12H13ClF3NO. The van der Waals surface area contributed by atoms with Crippen molar-refractivity contribution in [2.75, 3.05) is 7.11 Å². The summed E-state index contributed by atoms with van der Waals surface area (Å²) in [4.78, 5) is 0. The molecule has 2 nitrogen and oxygen atoms in total. The van der Waals surface area contributed by atoms with Crippen molar-refractivity contribution in [2.24, 2.45) is 0 Å². The number of nitrogens with one attached hydrogen (secondary N) is 1. The second-order valence-corrected chi connectivity index (χ2v) is 4.76. The molecule has 100 valence electrons. The van der Waals surface area contributed by atoms with Crippen LogP contribution in [0.2, 0.25) is 5.02 Å². The minimum Gasteiger partial charge on any atom is -0.496 e. The van der Waals surface area contributed by atoms with Crippen molar-refractivity contribution in [3.8, 4) is 5.75 Å². The molecular weight excluding hydrogens is 267 g/mol. The number of alkyl halides is 3. The summed E-state index contributed by atoms with van der Waals surface area (Å²) in [5.41, 5.74) is -1.19. The summed E-state index contributed by atoms with van der Waals surface area (Å²) >= 11 is 5.97. The standard InChI is InChI=1S/C12H13ClF3NO/c1-18-10-4-2-3-9(13)8(10)7-17-11(5-6-11)12(14,15)16/h2-4,17H,5-7H2,1H3. The minimum absolute atomic E-state index is 0.0440. The number of methoxy groups -OCH3 is 1. The zero-order valence-electron chi connectivity index (χ0n) is 9.77.